The van der Waals surface area contributed by atoms with Crippen LogP contribution in [0.25, 0.3) is 0 Å². The molecule has 1 unspecified atom stereocenters. The van der Waals surface area contributed by atoms with Gasteiger partial charge in [0.15, 0.2) is 0 Å². The number of amides is 1. The molecule has 23 heavy (non-hydrogen) atoms. The van der Waals surface area contributed by atoms with Gasteiger partial charge in [0.1, 0.15) is 5.25 Å². The molecule has 0 heterocycles. The standard InChI is InChI=1S/C17H23NO4S/c1-12(17(20)21)23-15-9-5-4-8-14(15)16(19)18-10-11-22-13-6-2-3-7-13/h4-5,8-9,12-13H,2-3,6-7,10-11H2,1H3,(H,18,19)(H,20,21). The van der Waals surface area contributed by atoms with Crippen LogP contribution >= 0.6 is 11.8 Å². The van der Waals surface area contributed by atoms with Gasteiger partial charge in [-0.05, 0) is 31.9 Å². The highest BCUT2D eigenvalue weighted by Crippen LogP contribution is 2.27. The predicted molar refractivity (Wildman–Crippen MR) is 89.9 cm³/mol. The van der Waals surface area contributed by atoms with E-state index in [1.54, 1.807) is 31.2 Å². The van der Waals surface area contributed by atoms with Crippen LogP contribution in [0.2, 0.25) is 0 Å². The van der Waals surface area contributed by atoms with E-state index >= 15 is 0 Å². The van der Waals surface area contributed by atoms with Crippen molar-refractivity contribution >= 4 is 23.6 Å². The van der Waals surface area contributed by atoms with E-state index in [4.69, 9.17) is 9.84 Å². The Morgan fingerprint density at radius 3 is 2.74 bits per heavy atom. The zero-order chi connectivity index (χ0) is 16.7. The molecule has 1 aliphatic carbocycles. The van der Waals surface area contributed by atoms with Gasteiger partial charge < -0.3 is 15.2 Å². The van der Waals surface area contributed by atoms with Gasteiger partial charge in [0.05, 0.1) is 18.3 Å². The lowest BCUT2D eigenvalue weighted by molar-refractivity contribution is -0.136. The molecular formula is C17H23NO4S. The summed E-state index contributed by atoms with van der Waals surface area (Å²) in [7, 11) is 0. The van der Waals surface area contributed by atoms with E-state index in [1.165, 1.54) is 24.6 Å². The zero-order valence-electron chi connectivity index (χ0n) is 13.3. The number of benzene rings is 1. The molecule has 1 aromatic rings. The minimum atomic E-state index is -0.893. The SMILES string of the molecule is CC(Sc1ccccc1C(=O)NCCOC1CCCC1)C(=O)O. The van der Waals surface area contributed by atoms with Crippen LogP contribution < -0.4 is 5.32 Å². The molecule has 0 radical (unpaired) electrons. The summed E-state index contributed by atoms with van der Waals surface area (Å²) in [6.07, 6.45) is 5.01. The average molecular weight is 337 g/mol. The molecule has 0 spiro atoms. The first kappa shape index (κ1) is 17.8. The topological polar surface area (TPSA) is 75.6 Å². The molecule has 6 heteroatoms. The van der Waals surface area contributed by atoms with Crippen molar-refractivity contribution in [1.29, 1.82) is 0 Å². The number of carbonyl (C=O) groups is 2. The molecule has 126 valence electrons. The fraction of sp³-hybridized carbons (Fsp3) is 0.529. The molecule has 1 atom stereocenters. The summed E-state index contributed by atoms with van der Waals surface area (Å²) in [5.41, 5.74) is 0.506. The van der Waals surface area contributed by atoms with Crippen LogP contribution in [0.15, 0.2) is 29.2 Å². The summed E-state index contributed by atoms with van der Waals surface area (Å²) < 4.78 is 5.72. The maximum atomic E-state index is 12.3. The highest BCUT2D eigenvalue weighted by molar-refractivity contribution is 8.00. The number of carboxylic acid groups (broad SMARTS) is 1. The van der Waals surface area contributed by atoms with Gasteiger partial charge in [-0.25, -0.2) is 0 Å². The van der Waals surface area contributed by atoms with E-state index < -0.39 is 11.2 Å². The van der Waals surface area contributed by atoms with Gasteiger partial charge >= 0.3 is 5.97 Å². The van der Waals surface area contributed by atoms with Gasteiger partial charge in [-0.2, -0.15) is 0 Å². The second-order valence-corrected chi connectivity index (χ2v) is 7.01. The highest BCUT2D eigenvalue weighted by atomic mass is 32.2. The Bertz CT molecular complexity index is 543. The lowest BCUT2D eigenvalue weighted by Gasteiger charge is -2.13. The fourth-order valence-corrected chi connectivity index (χ4v) is 3.46. The van der Waals surface area contributed by atoms with Crippen molar-refractivity contribution in [2.24, 2.45) is 0 Å². The third-order valence-corrected chi connectivity index (χ3v) is 4.99. The Kier molecular flexibility index (Phi) is 6.92. The van der Waals surface area contributed by atoms with E-state index in [-0.39, 0.29) is 5.91 Å². The van der Waals surface area contributed by atoms with Crippen LogP contribution in [-0.4, -0.2) is 41.5 Å². The Labute approximate surface area is 140 Å². The van der Waals surface area contributed by atoms with E-state index in [0.717, 1.165) is 12.8 Å². The normalized spacial score (nSPS) is 16.2. The largest absolute Gasteiger partial charge is 0.480 e. The first-order chi connectivity index (χ1) is 11.1. The molecule has 1 fully saturated rings. The van der Waals surface area contributed by atoms with Crippen molar-refractivity contribution in [3.8, 4) is 0 Å². The lowest BCUT2D eigenvalue weighted by Crippen LogP contribution is -2.29. The maximum Gasteiger partial charge on any atom is 0.316 e. The summed E-state index contributed by atoms with van der Waals surface area (Å²) in [5, 5.41) is 11.3. The predicted octanol–water partition coefficient (Wildman–Crippen LogP) is 2.94. The second kappa shape index (κ2) is 8.93. The van der Waals surface area contributed by atoms with E-state index in [1.807, 2.05) is 0 Å². The molecule has 5 nitrogen and oxygen atoms in total. The van der Waals surface area contributed by atoms with Gasteiger partial charge in [-0.1, -0.05) is 25.0 Å². The van der Waals surface area contributed by atoms with Crippen molar-refractivity contribution in [3.63, 3.8) is 0 Å². The van der Waals surface area contributed by atoms with Crippen LogP contribution in [-0.2, 0) is 9.53 Å². The highest BCUT2D eigenvalue weighted by Gasteiger charge is 2.18. The third-order valence-electron chi connectivity index (χ3n) is 3.83. The van der Waals surface area contributed by atoms with Crippen molar-refractivity contribution in [1.82, 2.24) is 5.32 Å². The maximum absolute atomic E-state index is 12.3. The van der Waals surface area contributed by atoms with Crippen molar-refractivity contribution in [3.05, 3.63) is 29.8 Å². The second-order valence-electron chi connectivity index (χ2n) is 5.63. The quantitative estimate of drug-likeness (QED) is 0.563. The van der Waals surface area contributed by atoms with E-state index in [0.29, 0.717) is 29.7 Å². The summed E-state index contributed by atoms with van der Waals surface area (Å²) in [4.78, 5) is 23.9. The number of hydrogen-bond acceptors (Lipinski definition) is 4. The Balaban J connectivity index is 1.84. The lowest BCUT2D eigenvalue weighted by atomic mass is 10.2. The molecule has 2 rings (SSSR count). The van der Waals surface area contributed by atoms with E-state index in [2.05, 4.69) is 5.32 Å². The molecule has 0 bridgehead atoms. The number of aliphatic carboxylic acids is 1. The third kappa shape index (κ3) is 5.55. The summed E-state index contributed by atoms with van der Waals surface area (Å²) >= 11 is 1.17. The number of ether oxygens (including phenoxy) is 1. The molecular weight excluding hydrogens is 314 g/mol. The number of rotatable bonds is 8. The van der Waals surface area contributed by atoms with Crippen LogP contribution in [0.4, 0.5) is 0 Å². The number of hydrogen-bond donors (Lipinski definition) is 2. The van der Waals surface area contributed by atoms with Gasteiger partial charge in [-0.3, -0.25) is 9.59 Å². The molecule has 1 saturated carbocycles. The van der Waals surface area contributed by atoms with Crippen molar-refractivity contribution in [2.45, 2.75) is 48.9 Å². The number of nitrogens with one attached hydrogen (secondary N) is 1. The monoisotopic (exact) mass is 337 g/mol. The molecule has 1 aliphatic rings. The van der Waals surface area contributed by atoms with E-state index in [9.17, 15) is 9.59 Å². The molecule has 1 amide bonds. The van der Waals surface area contributed by atoms with Crippen LogP contribution in [0, 0.1) is 0 Å². The summed E-state index contributed by atoms with van der Waals surface area (Å²) in [6, 6.07) is 7.06. The number of carboxylic acids is 1. The van der Waals surface area contributed by atoms with Crippen LogP contribution in [0.1, 0.15) is 43.0 Å². The van der Waals surface area contributed by atoms with Gasteiger partial charge in [0, 0.05) is 11.4 Å². The first-order valence-corrected chi connectivity index (χ1v) is 8.84. The molecule has 0 aromatic heterocycles. The molecule has 2 N–H and O–H groups in total. The zero-order valence-corrected chi connectivity index (χ0v) is 14.1. The van der Waals surface area contributed by atoms with Crippen molar-refractivity contribution < 1.29 is 19.4 Å². The van der Waals surface area contributed by atoms with Gasteiger partial charge in [-0.15, -0.1) is 11.8 Å². The number of thioether (sulfide) groups is 1. The smallest absolute Gasteiger partial charge is 0.316 e. The fourth-order valence-electron chi connectivity index (χ4n) is 2.54. The Hall–Kier alpha value is -1.53. The number of carbonyl (C=O) groups excluding carboxylic acids is 1. The Morgan fingerprint density at radius 2 is 2.04 bits per heavy atom. The minimum absolute atomic E-state index is 0.194. The Morgan fingerprint density at radius 1 is 1.35 bits per heavy atom. The first-order valence-electron chi connectivity index (χ1n) is 7.96. The van der Waals surface area contributed by atoms with Crippen LogP contribution in [0.5, 0.6) is 0 Å². The molecule has 1 aromatic carbocycles. The molecule has 0 aliphatic heterocycles. The summed E-state index contributed by atoms with van der Waals surface area (Å²) in [6.45, 7) is 2.58. The van der Waals surface area contributed by atoms with Gasteiger partial charge in [0.25, 0.3) is 5.91 Å². The average Bonchev–Trinajstić information content (AvgIpc) is 3.05. The molecule has 0 saturated heterocycles. The van der Waals surface area contributed by atoms with Crippen LogP contribution in [0.3, 0.4) is 0 Å². The van der Waals surface area contributed by atoms with Crippen molar-refractivity contribution in [2.75, 3.05) is 13.2 Å². The summed E-state index contributed by atoms with van der Waals surface area (Å²) in [5.74, 6) is -1.09. The minimum Gasteiger partial charge on any atom is -0.480 e. The van der Waals surface area contributed by atoms with Gasteiger partial charge in [0.2, 0.25) is 0 Å².